The standard InChI is InChI=1S/C9H19N.U/c1-6-10(7-2)8-9(3,4)5;/h1-2,6-8H2,3-5H3;/q-2;+2. The van der Waals surface area contributed by atoms with E-state index >= 15 is 0 Å². The summed E-state index contributed by atoms with van der Waals surface area (Å²) in [5, 5.41) is 0. The normalized spacial score (nSPS) is 11.5. The molecule has 0 saturated heterocycles. The molecule has 0 heterocycles. The smallest absolute Gasteiger partial charge is 0.362 e. The Kier molecular flexibility index (Phi) is 8.61. The minimum absolute atomic E-state index is 0. The monoisotopic (exact) mass is 379 g/mol. The Balaban J connectivity index is 0. The van der Waals surface area contributed by atoms with Gasteiger partial charge in [0.1, 0.15) is 0 Å². The molecule has 0 spiro atoms. The van der Waals surface area contributed by atoms with E-state index in [4.69, 9.17) is 0 Å². The van der Waals surface area contributed by atoms with Crippen LogP contribution in [0.1, 0.15) is 20.8 Å². The molecule has 0 fully saturated rings. The molecule has 0 amide bonds. The van der Waals surface area contributed by atoms with Crippen LogP contribution in [0.2, 0.25) is 0 Å². The second kappa shape index (κ2) is 6.52. The Morgan fingerprint density at radius 3 is 1.55 bits per heavy atom. The second-order valence-electron chi connectivity index (χ2n) is 3.84. The fraction of sp³-hybridized carbons (Fsp3) is 0.778. The minimum Gasteiger partial charge on any atom is -0.362 e. The fourth-order valence-corrected chi connectivity index (χ4v) is 0.941. The zero-order valence-electron chi connectivity index (χ0n) is 7.98. The van der Waals surface area contributed by atoms with Crippen LogP contribution in [0.15, 0.2) is 0 Å². The molecule has 0 aromatic carbocycles. The average molecular weight is 379 g/mol. The average Bonchev–Trinajstić information content (AvgIpc) is 1.81. The molecule has 0 aliphatic heterocycles. The first kappa shape index (κ1) is 14.5. The third-order valence-corrected chi connectivity index (χ3v) is 1.33. The second-order valence-corrected chi connectivity index (χ2v) is 3.84. The van der Waals surface area contributed by atoms with Gasteiger partial charge in [-0.2, -0.15) is 0 Å². The van der Waals surface area contributed by atoms with Crippen LogP contribution in [0.5, 0.6) is 0 Å². The topological polar surface area (TPSA) is 3.24 Å². The number of rotatable bonds is 3. The van der Waals surface area contributed by atoms with Crippen LogP contribution in [-0.2, 0) is 0 Å². The van der Waals surface area contributed by atoms with Crippen LogP contribution in [-0.4, -0.2) is 24.5 Å². The largest absolute Gasteiger partial charge is 2.00 e. The molecule has 0 bridgehead atoms. The van der Waals surface area contributed by atoms with E-state index in [2.05, 4.69) is 39.5 Å². The van der Waals surface area contributed by atoms with Gasteiger partial charge in [0.25, 0.3) is 0 Å². The molecule has 0 unspecified atom stereocenters. The number of hydrogen-bond donors (Lipinski definition) is 0. The first-order valence-electron chi connectivity index (χ1n) is 3.80. The van der Waals surface area contributed by atoms with Crippen LogP contribution in [0.25, 0.3) is 0 Å². The number of hydrogen-bond acceptors (Lipinski definition) is 1. The minimum atomic E-state index is 0. The summed E-state index contributed by atoms with van der Waals surface area (Å²) >= 11 is 0. The maximum absolute atomic E-state index is 3.83. The van der Waals surface area contributed by atoms with Crippen molar-refractivity contribution in [1.82, 2.24) is 4.90 Å². The van der Waals surface area contributed by atoms with Gasteiger partial charge < -0.3 is 18.7 Å². The van der Waals surface area contributed by atoms with Gasteiger partial charge in [0.2, 0.25) is 0 Å². The summed E-state index contributed by atoms with van der Waals surface area (Å²) in [6.45, 7) is 17.1. The van der Waals surface area contributed by atoms with Crippen molar-refractivity contribution in [1.29, 1.82) is 0 Å². The van der Waals surface area contributed by atoms with Crippen LogP contribution in [0, 0.1) is 50.4 Å². The van der Waals surface area contributed by atoms with Crippen molar-refractivity contribution in [3.05, 3.63) is 13.8 Å². The molecule has 1 nitrogen and oxygen atoms in total. The van der Waals surface area contributed by atoms with E-state index in [-0.39, 0.29) is 31.1 Å². The van der Waals surface area contributed by atoms with Crippen molar-refractivity contribution in [3.8, 4) is 0 Å². The van der Waals surface area contributed by atoms with Crippen molar-refractivity contribution in [3.63, 3.8) is 0 Å². The van der Waals surface area contributed by atoms with E-state index in [1.807, 2.05) is 0 Å². The zero-order chi connectivity index (χ0) is 8.20. The van der Waals surface area contributed by atoms with E-state index in [0.717, 1.165) is 19.6 Å². The van der Waals surface area contributed by atoms with Gasteiger partial charge >= 0.3 is 31.1 Å². The van der Waals surface area contributed by atoms with Gasteiger partial charge in [-0.15, -0.1) is 13.1 Å². The molecule has 2 heteroatoms. The fourth-order valence-electron chi connectivity index (χ4n) is 0.941. The summed E-state index contributed by atoms with van der Waals surface area (Å²) in [5.41, 5.74) is 0.370. The third-order valence-electron chi connectivity index (χ3n) is 1.33. The Hall–Kier alpha value is 1.01. The molecule has 0 aromatic heterocycles. The summed E-state index contributed by atoms with van der Waals surface area (Å²) in [5.74, 6) is 0. The quantitative estimate of drug-likeness (QED) is 0.679. The molecular weight excluding hydrogens is 360 g/mol. The Morgan fingerprint density at radius 2 is 1.45 bits per heavy atom. The van der Waals surface area contributed by atoms with Crippen LogP contribution in [0.4, 0.5) is 0 Å². The van der Waals surface area contributed by atoms with Gasteiger partial charge in [-0.05, 0) is 12.0 Å². The van der Waals surface area contributed by atoms with Gasteiger partial charge in [0.15, 0.2) is 0 Å². The molecule has 0 aliphatic rings. The summed E-state index contributed by atoms with van der Waals surface area (Å²) in [6.07, 6.45) is 0. The molecule has 0 aromatic rings. The maximum atomic E-state index is 3.83. The first-order valence-corrected chi connectivity index (χ1v) is 3.80. The zero-order valence-corrected chi connectivity index (χ0v) is 12.1. The van der Waals surface area contributed by atoms with Gasteiger partial charge in [0, 0.05) is 0 Å². The van der Waals surface area contributed by atoms with Crippen molar-refractivity contribution < 1.29 is 31.1 Å². The molecule has 0 aliphatic carbocycles. The van der Waals surface area contributed by atoms with E-state index < -0.39 is 0 Å². The Bertz CT molecular complexity index is 82.1. The first-order chi connectivity index (χ1) is 4.49. The van der Waals surface area contributed by atoms with Gasteiger partial charge in [0.05, 0.1) is 0 Å². The molecule has 0 radical (unpaired) electrons. The SMILES string of the molecule is [CH2-]CN(C[CH2-])CC(C)(C)C.[U+2]. The van der Waals surface area contributed by atoms with Crippen molar-refractivity contribution >= 4 is 0 Å². The van der Waals surface area contributed by atoms with Crippen LogP contribution in [0.3, 0.4) is 0 Å². The molecule has 64 valence electrons. The maximum Gasteiger partial charge on any atom is 2.00 e. The summed E-state index contributed by atoms with van der Waals surface area (Å²) in [6, 6.07) is 0. The number of nitrogens with zero attached hydrogens (tertiary/aromatic N) is 1. The molecular formula is C9H19NU. The van der Waals surface area contributed by atoms with E-state index in [1.165, 1.54) is 0 Å². The van der Waals surface area contributed by atoms with Crippen molar-refractivity contribution in [2.75, 3.05) is 19.6 Å². The van der Waals surface area contributed by atoms with Crippen LogP contribution < -0.4 is 0 Å². The van der Waals surface area contributed by atoms with E-state index in [9.17, 15) is 0 Å². The van der Waals surface area contributed by atoms with Gasteiger partial charge in [-0.1, -0.05) is 20.8 Å². The molecule has 0 saturated carbocycles. The van der Waals surface area contributed by atoms with E-state index in [0.29, 0.717) is 5.41 Å². The predicted molar refractivity (Wildman–Crippen MR) is 46.6 cm³/mol. The van der Waals surface area contributed by atoms with E-state index in [1.54, 1.807) is 0 Å². The molecule has 11 heavy (non-hydrogen) atoms. The third kappa shape index (κ3) is 8.92. The predicted octanol–water partition coefficient (Wildman–Crippen LogP) is 2.00. The van der Waals surface area contributed by atoms with Crippen molar-refractivity contribution in [2.45, 2.75) is 20.8 Å². The van der Waals surface area contributed by atoms with Crippen LogP contribution >= 0.6 is 0 Å². The summed E-state index contributed by atoms with van der Waals surface area (Å²) in [4.78, 5) is 2.24. The molecule has 0 N–H and O–H groups in total. The Morgan fingerprint density at radius 1 is 1.09 bits per heavy atom. The van der Waals surface area contributed by atoms with Crippen molar-refractivity contribution in [2.24, 2.45) is 5.41 Å². The molecule has 0 rings (SSSR count). The van der Waals surface area contributed by atoms with Gasteiger partial charge in [-0.25, -0.2) is 0 Å². The summed E-state index contributed by atoms with van der Waals surface area (Å²) in [7, 11) is 0. The Labute approximate surface area is 95.3 Å². The van der Waals surface area contributed by atoms with Gasteiger partial charge in [-0.3, -0.25) is 0 Å². The summed E-state index contributed by atoms with van der Waals surface area (Å²) < 4.78 is 0. The molecule has 0 atom stereocenters.